The molecular formula is C18H20ClNO3S. The summed E-state index contributed by atoms with van der Waals surface area (Å²) in [6.07, 6.45) is -0.0265. The van der Waals surface area contributed by atoms with Gasteiger partial charge in [-0.2, -0.15) is 4.31 Å². The molecule has 24 heavy (non-hydrogen) atoms. The van der Waals surface area contributed by atoms with Gasteiger partial charge in [0.15, 0.2) is 6.23 Å². The molecule has 128 valence electrons. The van der Waals surface area contributed by atoms with Crippen LogP contribution in [-0.4, -0.2) is 25.4 Å². The molecule has 0 bridgehead atoms. The van der Waals surface area contributed by atoms with Crippen molar-refractivity contribution < 1.29 is 13.2 Å². The highest BCUT2D eigenvalue weighted by Gasteiger charge is 2.43. The highest BCUT2D eigenvalue weighted by atomic mass is 35.5. The number of aryl methyl sites for hydroxylation is 1. The summed E-state index contributed by atoms with van der Waals surface area (Å²) in [6, 6.07) is 13.9. The van der Waals surface area contributed by atoms with Crippen molar-refractivity contribution in [2.24, 2.45) is 0 Å². The summed E-state index contributed by atoms with van der Waals surface area (Å²) in [5.74, 6) is 0. The normalized spacial score (nSPS) is 22.0. The zero-order chi connectivity index (χ0) is 17.3. The molecule has 0 amide bonds. The molecule has 0 spiro atoms. The maximum atomic E-state index is 13.2. The van der Waals surface area contributed by atoms with Crippen LogP contribution in [0.4, 0.5) is 0 Å². The van der Waals surface area contributed by atoms with E-state index >= 15 is 0 Å². The predicted molar refractivity (Wildman–Crippen MR) is 94.4 cm³/mol. The minimum absolute atomic E-state index is 0.211. The molecule has 1 saturated heterocycles. The summed E-state index contributed by atoms with van der Waals surface area (Å²) in [4.78, 5) is 0.272. The summed E-state index contributed by atoms with van der Waals surface area (Å²) >= 11 is 6.28. The maximum absolute atomic E-state index is 13.2. The second kappa shape index (κ2) is 6.84. The largest absolute Gasteiger partial charge is 0.356 e. The second-order valence-corrected chi connectivity index (χ2v) is 8.17. The fourth-order valence-corrected chi connectivity index (χ4v) is 4.88. The van der Waals surface area contributed by atoms with Crippen LogP contribution in [0.1, 0.15) is 30.7 Å². The van der Waals surface area contributed by atoms with Gasteiger partial charge in [-0.1, -0.05) is 54.4 Å². The Morgan fingerprint density at radius 3 is 2.46 bits per heavy atom. The van der Waals surface area contributed by atoms with Crippen LogP contribution in [0.3, 0.4) is 0 Å². The summed E-state index contributed by atoms with van der Waals surface area (Å²) in [5.41, 5.74) is 1.69. The molecule has 0 aromatic heterocycles. The first-order valence-corrected chi connectivity index (χ1v) is 9.73. The third-order valence-electron chi connectivity index (χ3n) is 4.28. The summed E-state index contributed by atoms with van der Waals surface area (Å²) in [7, 11) is -3.68. The Hall–Kier alpha value is -1.40. The van der Waals surface area contributed by atoms with Gasteiger partial charge in [0.05, 0.1) is 17.5 Å². The summed E-state index contributed by atoms with van der Waals surface area (Å²) in [6.45, 7) is 4.24. The molecule has 0 unspecified atom stereocenters. The fourth-order valence-electron chi connectivity index (χ4n) is 2.89. The molecule has 2 aromatic carbocycles. The van der Waals surface area contributed by atoms with E-state index in [0.717, 1.165) is 5.56 Å². The average Bonchev–Trinajstić information content (AvgIpc) is 3.00. The Bertz CT molecular complexity index is 820. The van der Waals surface area contributed by atoms with Crippen LogP contribution in [0.15, 0.2) is 53.4 Å². The Morgan fingerprint density at radius 1 is 1.17 bits per heavy atom. The molecular weight excluding hydrogens is 346 g/mol. The zero-order valence-electron chi connectivity index (χ0n) is 13.6. The van der Waals surface area contributed by atoms with Crippen molar-refractivity contribution in [1.29, 1.82) is 0 Å². The standard InChI is InChI=1S/C18H20ClNO3S/c1-3-14-12-23-18(16-6-4-5-7-17(16)19)20(14)24(21,22)15-10-8-13(2)9-11-15/h4-11,14,18H,3,12H2,1-2H3/t14-,18-/m0/s1. The number of hydrogen-bond donors (Lipinski definition) is 0. The van der Waals surface area contributed by atoms with Crippen molar-refractivity contribution in [2.75, 3.05) is 6.61 Å². The molecule has 0 aliphatic carbocycles. The molecule has 0 saturated carbocycles. The molecule has 1 fully saturated rings. The van der Waals surface area contributed by atoms with Crippen LogP contribution >= 0.6 is 11.6 Å². The SMILES string of the molecule is CC[C@H]1CO[C@@H](c2ccccc2Cl)N1S(=O)(=O)c1ccc(C)cc1. The highest BCUT2D eigenvalue weighted by Crippen LogP contribution is 2.39. The van der Waals surface area contributed by atoms with Crippen LogP contribution in [0.2, 0.25) is 5.02 Å². The number of benzene rings is 2. The van der Waals surface area contributed by atoms with Crippen LogP contribution in [0.5, 0.6) is 0 Å². The Morgan fingerprint density at radius 2 is 1.83 bits per heavy atom. The van der Waals surface area contributed by atoms with Gasteiger partial charge in [0.2, 0.25) is 10.0 Å². The second-order valence-electron chi connectivity index (χ2n) is 5.92. The topological polar surface area (TPSA) is 46.6 Å². The first-order valence-electron chi connectivity index (χ1n) is 7.91. The van der Waals surface area contributed by atoms with Crippen LogP contribution < -0.4 is 0 Å². The van der Waals surface area contributed by atoms with Gasteiger partial charge in [0, 0.05) is 10.6 Å². The number of nitrogens with zero attached hydrogens (tertiary/aromatic N) is 1. The van der Waals surface area contributed by atoms with Gasteiger partial charge in [0.1, 0.15) is 0 Å². The monoisotopic (exact) mass is 365 g/mol. The van der Waals surface area contributed by atoms with E-state index in [2.05, 4.69) is 0 Å². The van der Waals surface area contributed by atoms with Gasteiger partial charge in [-0.25, -0.2) is 8.42 Å². The van der Waals surface area contributed by atoms with Crippen LogP contribution in [0.25, 0.3) is 0 Å². The van der Waals surface area contributed by atoms with E-state index in [0.29, 0.717) is 23.6 Å². The van der Waals surface area contributed by atoms with Gasteiger partial charge in [-0.3, -0.25) is 0 Å². The molecule has 0 radical (unpaired) electrons. The van der Waals surface area contributed by atoms with Crippen LogP contribution in [-0.2, 0) is 14.8 Å². The van der Waals surface area contributed by atoms with E-state index in [1.54, 1.807) is 30.3 Å². The highest BCUT2D eigenvalue weighted by molar-refractivity contribution is 7.89. The smallest absolute Gasteiger partial charge is 0.245 e. The zero-order valence-corrected chi connectivity index (χ0v) is 15.2. The predicted octanol–water partition coefficient (Wildman–Crippen LogP) is 4.15. The van der Waals surface area contributed by atoms with Gasteiger partial charge in [-0.05, 0) is 31.5 Å². The van der Waals surface area contributed by atoms with Gasteiger partial charge >= 0.3 is 0 Å². The molecule has 2 atom stereocenters. The van der Waals surface area contributed by atoms with E-state index in [1.807, 2.05) is 32.0 Å². The van der Waals surface area contributed by atoms with E-state index in [4.69, 9.17) is 16.3 Å². The van der Waals surface area contributed by atoms with Gasteiger partial charge in [0.25, 0.3) is 0 Å². The molecule has 3 rings (SSSR count). The lowest BCUT2D eigenvalue weighted by molar-refractivity contribution is 0.0681. The molecule has 4 nitrogen and oxygen atoms in total. The van der Waals surface area contributed by atoms with Crippen molar-refractivity contribution >= 4 is 21.6 Å². The number of hydrogen-bond acceptors (Lipinski definition) is 3. The van der Waals surface area contributed by atoms with Gasteiger partial charge in [-0.15, -0.1) is 0 Å². The van der Waals surface area contributed by atoms with Crippen molar-refractivity contribution in [3.63, 3.8) is 0 Å². The van der Waals surface area contributed by atoms with E-state index in [-0.39, 0.29) is 10.9 Å². The fraction of sp³-hybridized carbons (Fsp3) is 0.333. The Kier molecular flexibility index (Phi) is 4.97. The minimum Gasteiger partial charge on any atom is -0.356 e. The average molecular weight is 366 g/mol. The summed E-state index contributed by atoms with van der Waals surface area (Å²) in [5, 5.41) is 0.503. The van der Waals surface area contributed by atoms with E-state index < -0.39 is 16.3 Å². The molecule has 1 heterocycles. The molecule has 0 N–H and O–H groups in total. The van der Waals surface area contributed by atoms with E-state index in [1.165, 1.54) is 4.31 Å². The number of halogens is 1. The molecule has 1 aliphatic heterocycles. The quantitative estimate of drug-likeness (QED) is 0.817. The Balaban J connectivity index is 2.06. The lowest BCUT2D eigenvalue weighted by Gasteiger charge is -2.27. The lowest BCUT2D eigenvalue weighted by Crippen LogP contribution is -2.38. The number of sulfonamides is 1. The maximum Gasteiger partial charge on any atom is 0.245 e. The summed E-state index contributed by atoms with van der Waals surface area (Å²) < 4.78 is 33.7. The van der Waals surface area contributed by atoms with Crippen LogP contribution in [0, 0.1) is 6.92 Å². The molecule has 1 aliphatic rings. The van der Waals surface area contributed by atoms with Crippen molar-refractivity contribution in [3.8, 4) is 0 Å². The van der Waals surface area contributed by atoms with Gasteiger partial charge < -0.3 is 4.74 Å². The first-order chi connectivity index (χ1) is 11.4. The third-order valence-corrected chi connectivity index (χ3v) is 6.53. The number of ether oxygens (including phenoxy) is 1. The Labute approximate surface area is 148 Å². The van der Waals surface area contributed by atoms with E-state index in [9.17, 15) is 8.42 Å². The minimum atomic E-state index is -3.68. The first kappa shape index (κ1) is 17.4. The van der Waals surface area contributed by atoms with Crippen molar-refractivity contribution in [2.45, 2.75) is 37.4 Å². The van der Waals surface area contributed by atoms with Crippen molar-refractivity contribution in [3.05, 3.63) is 64.7 Å². The lowest BCUT2D eigenvalue weighted by atomic mass is 10.2. The third kappa shape index (κ3) is 3.09. The molecule has 6 heteroatoms. The molecule has 2 aromatic rings. The van der Waals surface area contributed by atoms with Crippen molar-refractivity contribution in [1.82, 2.24) is 4.31 Å². The number of rotatable bonds is 4.